The van der Waals surface area contributed by atoms with Gasteiger partial charge in [0.15, 0.2) is 0 Å². The number of nitrogens with one attached hydrogen (secondary N) is 3. The van der Waals surface area contributed by atoms with Crippen molar-refractivity contribution >= 4 is 23.7 Å². The van der Waals surface area contributed by atoms with Gasteiger partial charge in [0.2, 0.25) is 11.8 Å². The molecule has 0 aromatic heterocycles. The monoisotopic (exact) mass is 608 g/mol. The number of phenols is 1. The molecule has 3 amide bonds. The van der Waals surface area contributed by atoms with Crippen LogP contribution in [0.3, 0.4) is 0 Å². The largest absolute Gasteiger partial charge is 0.508 e. The van der Waals surface area contributed by atoms with Gasteiger partial charge in [0.05, 0.1) is 18.6 Å². The van der Waals surface area contributed by atoms with Gasteiger partial charge >= 0.3 is 5.97 Å². The van der Waals surface area contributed by atoms with Crippen LogP contribution in [-0.4, -0.2) is 70.2 Å². The van der Waals surface area contributed by atoms with Crippen LogP contribution in [0.15, 0.2) is 48.5 Å². The quantitative estimate of drug-likeness (QED) is 0.332. The van der Waals surface area contributed by atoms with Crippen molar-refractivity contribution in [3.63, 3.8) is 0 Å². The summed E-state index contributed by atoms with van der Waals surface area (Å²) in [5, 5.41) is 27.9. The van der Waals surface area contributed by atoms with Crippen molar-refractivity contribution in [2.45, 2.75) is 83.5 Å². The van der Waals surface area contributed by atoms with E-state index in [4.69, 9.17) is 4.74 Å². The van der Waals surface area contributed by atoms with Gasteiger partial charge in [0, 0.05) is 13.0 Å². The predicted molar refractivity (Wildman–Crippen MR) is 163 cm³/mol. The van der Waals surface area contributed by atoms with E-state index in [9.17, 15) is 29.4 Å². The summed E-state index contributed by atoms with van der Waals surface area (Å²) in [7, 11) is 0. The second-order valence-electron chi connectivity index (χ2n) is 12.1. The number of hydrogen-bond acceptors (Lipinski definition) is 8. The van der Waals surface area contributed by atoms with Crippen molar-refractivity contribution in [3.8, 4) is 5.75 Å². The van der Waals surface area contributed by atoms with Crippen LogP contribution < -0.4 is 16.1 Å². The minimum atomic E-state index is -1.09. The molecular weight excluding hydrogens is 564 g/mol. The zero-order valence-electron chi connectivity index (χ0n) is 25.6. The molecule has 1 saturated heterocycles. The number of rotatable bonds is 3. The van der Waals surface area contributed by atoms with Gasteiger partial charge in [-0.05, 0) is 66.8 Å². The maximum absolute atomic E-state index is 13.9. The van der Waals surface area contributed by atoms with Crippen LogP contribution in [0.4, 0.5) is 0 Å². The first-order valence-corrected chi connectivity index (χ1v) is 15.4. The number of amides is 3. The van der Waals surface area contributed by atoms with E-state index in [-0.39, 0.29) is 24.7 Å². The molecule has 0 radical (unpaired) electrons. The van der Waals surface area contributed by atoms with E-state index < -0.39 is 53.8 Å². The Labute approximate surface area is 258 Å². The second-order valence-corrected chi connectivity index (χ2v) is 12.1. The van der Waals surface area contributed by atoms with Gasteiger partial charge in [0.1, 0.15) is 23.9 Å². The van der Waals surface area contributed by atoms with Gasteiger partial charge in [0.25, 0.3) is 5.91 Å². The van der Waals surface area contributed by atoms with E-state index >= 15 is 0 Å². The average molecular weight is 609 g/mol. The number of aryl methyl sites for hydroxylation is 1. The maximum Gasteiger partial charge on any atom is 0.324 e. The number of ether oxygens (including phenoxy) is 1. The third kappa shape index (κ3) is 8.57. The second kappa shape index (κ2) is 15.2. The first-order valence-electron chi connectivity index (χ1n) is 15.4. The highest BCUT2D eigenvalue weighted by atomic mass is 16.5. The molecule has 3 heterocycles. The molecule has 4 bridgehead atoms. The smallest absolute Gasteiger partial charge is 0.324 e. The molecule has 0 aliphatic carbocycles. The molecule has 11 heteroatoms. The Morgan fingerprint density at radius 3 is 2.43 bits per heavy atom. The highest BCUT2D eigenvalue weighted by Gasteiger charge is 2.36. The number of nitrogens with zero attached hydrogens (tertiary/aromatic N) is 1. The van der Waals surface area contributed by atoms with E-state index in [1.54, 1.807) is 45.0 Å². The number of benzene rings is 2. The summed E-state index contributed by atoms with van der Waals surface area (Å²) >= 11 is 0. The number of aliphatic hydroxyl groups is 1. The van der Waals surface area contributed by atoms with Crippen molar-refractivity contribution in [3.05, 3.63) is 65.2 Å². The summed E-state index contributed by atoms with van der Waals surface area (Å²) in [4.78, 5) is 53.7. The molecule has 0 spiro atoms. The van der Waals surface area contributed by atoms with Crippen molar-refractivity contribution in [1.82, 2.24) is 21.1 Å². The zero-order valence-corrected chi connectivity index (χ0v) is 25.6. The number of hydrogen-bond donors (Lipinski definition) is 5. The first kappa shape index (κ1) is 32.9. The molecule has 3 aliphatic heterocycles. The molecule has 2 aromatic carbocycles. The number of carbonyl (C=O) groups excluding carboxylic acids is 4. The Morgan fingerprint density at radius 2 is 1.73 bits per heavy atom. The Hall–Kier alpha value is -3.96. The summed E-state index contributed by atoms with van der Waals surface area (Å²) in [5.41, 5.74) is 5.26. The molecule has 3 aliphatic rings. The molecule has 5 rings (SSSR count). The summed E-state index contributed by atoms with van der Waals surface area (Å²) in [6.45, 7) is 5.75. The summed E-state index contributed by atoms with van der Waals surface area (Å²) in [6.07, 6.45) is 2.27. The summed E-state index contributed by atoms with van der Waals surface area (Å²) in [5.74, 6) is -3.11. The number of aromatic hydroxyl groups is 1. The molecule has 5 atom stereocenters. The van der Waals surface area contributed by atoms with Crippen molar-refractivity contribution < 1.29 is 34.1 Å². The van der Waals surface area contributed by atoms with E-state index in [0.717, 1.165) is 18.4 Å². The van der Waals surface area contributed by atoms with Crippen LogP contribution in [0.1, 0.15) is 69.2 Å². The lowest BCUT2D eigenvalue weighted by atomic mass is 9.94. The SMILES string of the molecule is CC(C)C1NC(=O)C(C)C(O)c2ccc(cc2)CCCCOC(=O)C2CCCN(N2)C(=O)C(Cc2cccc(O)c2)NC1=O. The van der Waals surface area contributed by atoms with Crippen LogP contribution in [0.25, 0.3) is 0 Å². The summed E-state index contributed by atoms with van der Waals surface area (Å²) < 4.78 is 5.52. The van der Waals surface area contributed by atoms with Crippen LogP contribution in [0.2, 0.25) is 0 Å². The molecule has 238 valence electrons. The highest BCUT2D eigenvalue weighted by molar-refractivity contribution is 5.93. The number of aliphatic hydroxyl groups excluding tert-OH is 1. The van der Waals surface area contributed by atoms with Crippen molar-refractivity contribution in [2.75, 3.05) is 13.2 Å². The lowest BCUT2D eigenvalue weighted by molar-refractivity contribution is -0.153. The minimum Gasteiger partial charge on any atom is -0.508 e. The fourth-order valence-electron chi connectivity index (χ4n) is 5.52. The fraction of sp³-hybridized carbons (Fsp3) is 0.515. The number of carbonyl (C=O) groups is 4. The van der Waals surface area contributed by atoms with Crippen LogP contribution in [0, 0.1) is 11.8 Å². The van der Waals surface area contributed by atoms with Gasteiger partial charge < -0.3 is 25.6 Å². The maximum atomic E-state index is 13.9. The predicted octanol–water partition coefficient (Wildman–Crippen LogP) is 2.31. The van der Waals surface area contributed by atoms with Crippen LogP contribution in [-0.2, 0) is 36.8 Å². The van der Waals surface area contributed by atoms with E-state index in [0.29, 0.717) is 36.9 Å². The number of phenolic OH excluding ortho intramolecular Hbond substituents is 1. The molecule has 1 fully saturated rings. The third-order valence-corrected chi connectivity index (χ3v) is 8.26. The average Bonchev–Trinajstić information content (AvgIpc) is 3.01. The van der Waals surface area contributed by atoms with Gasteiger partial charge in [-0.3, -0.25) is 24.2 Å². The lowest BCUT2D eigenvalue weighted by Crippen LogP contribution is -2.62. The Balaban J connectivity index is 1.62. The summed E-state index contributed by atoms with van der Waals surface area (Å²) in [6, 6.07) is 11.1. The van der Waals surface area contributed by atoms with Gasteiger partial charge in [-0.2, -0.15) is 0 Å². The van der Waals surface area contributed by atoms with Gasteiger partial charge in [-0.15, -0.1) is 0 Å². The number of hydrazine groups is 1. The Morgan fingerprint density at radius 1 is 0.977 bits per heavy atom. The normalized spacial score (nSPS) is 26.3. The van der Waals surface area contributed by atoms with E-state index in [1.165, 1.54) is 17.1 Å². The third-order valence-electron chi connectivity index (χ3n) is 8.26. The fourth-order valence-corrected chi connectivity index (χ4v) is 5.52. The minimum absolute atomic E-state index is 0.0214. The molecule has 44 heavy (non-hydrogen) atoms. The van der Waals surface area contributed by atoms with E-state index in [1.807, 2.05) is 12.1 Å². The zero-order chi connectivity index (χ0) is 31.8. The standard InChI is InChI=1S/C33H44N4O7/c1-20(2)28-31(41)34-27(19-23-9-6-10-25(38)18-23)32(42)37-16-7-11-26(36-37)33(43)44-17-5-4-8-22-12-14-24(15-13-22)29(39)21(3)30(40)35-28/h6,9-10,12-15,18,20-21,26-29,36,38-39H,4-5,7-8,11,16-17,19H2,1-3H3,(H,34,41)(H,35,40). The van der Waals surface area contributed by atoms with Crippen molar-refractivity contribution in [1.29, 1.82) is 0 Å². The molecule has 11 nitrogen and oxygen atoms in total. The van der Waals surface area contributed by atoms with Gasteiger partial charge in [-0.25, -0.2) is 5.43 Å². The lowest BCUT2D eigenvalue weighted by Gasteiger charge is -2.35. The topological polar surface area (TPSA) is 157 Å². The first-order chi connectivity index (χ1) is 21.0. The molecule has 5 unspecified atom stereocenters. The molecule has 2 aromatic rings. The molecule has 0 saturated carbocycles. The Kier molecular flexibility index (Phi) is 11.4. The van der Waals surface area contributed by atoms with E-state index in [2.05, 4.69) is 16.1 Å². The number of fused-ring (bicyclic) bond motifs is 15. The number of esters is 1. The molecular formula is C33H44N4O7. The highest BCUT2D eigenvalue weighted by Crippen LogP contribution is 2.24. The van der Waals surface area contributed by atoms with Gasteiger partial charge in [-0.1, -0.05) is 57.2 Å². The van der Waals surface area contributed by atoms with Crippen LogP contribution >= 0.6 is 0 Å². The molecule has 5 N–H and O–H groups in total. The van der Waals surface area contributed by atoms with Crippen molar-refractivity contribution in [2.24, 2.45) is 11.8 Å². The van der Waals surface area contributed by atoms with Crippen LogP contribution in [0.5, 0.6) is 5.75 Å². The Bertz CT molecular complexity index is 1320.